The normalized spacial score (nSPS) is 11.4. The summed E-state index contributed by atoms with van der Waals surface area (Å²) < 4.78 is 19.9. The lowest BCUT2D eigenvalue weighted by atomic mass is 9.78. The van der Waals surface area contributed by atoms with Crippen molar-refractivity contribution in [2.45, 2.75) is 12.8 Å². The molecule has 2 rings (SSSR count). The molecule has 0 aliphatic carbocycles. The van der Waals surface area contributed by atoms with E-state index in [-0.39, 0.29) is 19.4 Å². The van der Waals surface area contributed by atoms with Gasteiger partial charge in [0.15, 0.2) is 5.41 Å². The van der Waals surface area contributed by atoms with Gasteiger partial charge < -0.3 is 23.9 Å². The van der Waals surface area contributed by atoms with Crippen LogP contribution in [0.5, 0.6) is 0 Å². The van der Waals surface area contributed by atoms with Crippen LogP contribution in [-0.4, -0.2) is 51.0 Å². The summed E-state index contributed by atoms with van der Waals surface area (Å²) in [6.45, 7) is -0.0644. The average molecular weight is 468 g/mol. The number of H-pyrrole nitrogens is 1. The average Bonchev–Trinajstić information content (AvgIpc) is 3.12. The number of carbonyl (C=O) groups excluding carboxylic acids is 3. The zero-order valence-corrected chi connectivity index (χ0v) is 17.9. The van der Waals surface area contributed by atoms with E-state index in [1.54, 1.807) is 12.3 Å². The Morgan fingerprint density at radius 2 is 1.76 bits per heavy atom. The number of hydrogen-bond donors (Lipinski definition) is 1. The fraction of sp³-hybridized carbons (Fsp3) is 0.350. The summed E-state index contributed by atoms with van der Waals surface area (Å²) in [5, 5.41) is 0.870. The van der Waals surface area contributed by atoms with Crippen molar-refractivity contribution in [2.75, 3.05) is 27.9 Å². The highest BCUT2D eigenvalue weighted by atomic mass is 79.9. The van der Waals surface area contributed by atoms with Gasteiger partial charge in [-0.25, -0.2) is 4.79 Å². The molecular formula is C20H22BrNO7. The van der Waals surface area contributed by atoms with Crippen molar-refractivity contribution < 1.29 is 33.3 Å². The highest BCUT2D eigenvalue weighted by Gasteiger charge is 2.48. The van der Waals surface area contributed by atoms with E-state index in [9.17, 15) is 14.4 Å². The first-order chi connectivity index (χ1) is 13.9. The SMILES string of the molecule is COC(=O)OC/C=C/CC(Cc1c[nH]c2ccc(Br)cc12)(C(=O)OC)C(=O)OC. The highest BCUT2D eigenvalue weighted by molar-refractivity contribution is 9.10. The number of ether oxygens (including phenoxy) is 4. The molecule has 0 spiro atoms. The van der Waals surface area contributed by atoms with E-state index >= 15 is 0 Å². The lowest BCUT2D eigenvalue weighted by Crippen LogP contribution is -2.42. The summed E-state index contributed by atoms with van der Waals surface area (Å²) in [7, 11) is 3.64. The third-order valence-electron chi connectivity index (χ3n) is 4.47. The van der Waals surface area contributed by atoms with Gasteiger partial charge in [0.25, 0.3) is 0 Å². The molecular weight excluding hydrogens is 446 g/mol. The molecule has 156 valence electrons. The van der Waals surface area contributed by atoms with Crippen LogP contribution in [0.25, 0.3) is 10.9 Å². The van der Waals surface area contributed by atoms with Gasteiger partial charge in [0.1, 0.15) is 6.61 Å². The highest BCUT2D eigenvalue weighted by Crippen LogP contribution is 2.34. The van der Waals surface area contributed by atoms with Crippen molar-refractivity contribution in [2.24, 2.45) is 5.41 Å². The first-order valence-corrected chi connectivity index (χ1v) is 9.45. The molecule has 0 fully saturated rings. The number of hydrogen-bond acceptors (Lipinski definition) is 7. The third kappa shape index (κ3) is 5.17. The van der Waals surface area contributed by atoms with Crippen molar-refractivity contribution in [3.8, 4) is 0 Å². The standard InChI is InChI=1S/C20H22BrNO7/c1-26-17(23)20(18(24)27-2,8-4-5-9-29-19(25)28-3)11-13-12-22-16-7-6-14(21)10-15(13)16/h4-7,10,12,22H,8-9,11H2,1-3H3/b5-4+. The Morgan fingerprint density at radius 3 is 2.38 bits per heavy atom. The number of carbonyl (C=O) groups is 3. The van der Waals surface area contributed by atoms with Crippen LogP contribution in [0.1, 0.15) is 12.0 Å². The van der Waals surface area contributed by atoms with Crippen molar-refractivity contribution in [3.63, 3.8) is 0 Å². The molecule has 29 heavy (non-hydrogen) atoms. The molecule has 0 amide bonds. The van der Waals surface area contributed by atoms with Gasteiger partial charge in [-0.3, -0.25) is 9.59 Å². The molecule has 0 saturated heterocycles. The quantitative estimate of drug-likeness (QED) is 0.274. The number of rotatable bonds is 8. The first kappa shape index (κ1) is 22.5. The van der Waals surface area contributed by atoms with E-state index in [2.05, 4.69) is 25.7 Å². The Morgan fingerprint density at radius 1 is 1.07 bits per heavy atom. The summed E-state index contributed by atoms with van der Waals surface area (Å²) in [5.74, 6) is -1.43. The number of halogens is 1. The zero-order valence-electron chi connectivity index (χ0n) is 16.3. The van der Waals surface area contributed by atoms with Gasteiger partial charge in [-0.15, -0.1) is 0 Å². The van der Waals surface area contributed by atoms with Crippen molar-refractivity contribution in [3.05, 3.63) is 46.6 Å². The number of nitrogens with one attached hydrogen (secondary N) is 1. The fourth-order valence-electron chi connectivity index (χ4n) is 3.01. The largest absolute Gasteiger partial charge is 0.508 e. The molecule has 0 bridgehead atoms. The van der Waals surface area contributed by atoms with Gasteiger partial charge in [0.05, 0.1) is 21.3 Å². The van der Waals surface area contributed by atoms with E-state index in [4.69, 9.17) is 14.2 Å². The minimum atomic E-state index is -1.59. The molecule has 1 N–H and O–H groups in total. The predicted octanol–water partition coefficient (Wildman–Crippen LogP) is 3.53. The Hall–Kier alpha value is -2.81. The Labute approximate surface area is 176 Å². The lowest BCUT2D eigenvalue weighted by Gasteiger charge is -2.27. The van der Waals surface area contributed by atoms with Gasteiger partial charge in [-0.1, -0.05) is 28.1 Å². The summed E-state index contributed by atoms with van der Waals surface area (Å²) in [6, 6.07) is 5.69. The van der Waals surface area contributed by atoms with Gasteiger partial charge in [0, 0.05) is 28.0 Å². The maximum Gasteiger partial charge on any atom is 0.508 e. The molecule has 9 heteroatoms. The molecule has 1 aromatic heterocycles. The van der Waals surface area contributed by atoms with Crippen LogP contribution >= 0.6 is 15.9 Å². The van der Waals surface area contributed by atoms with E-state index in [0.29, 0.717) is 0 Å². The molecule has 0 aliphatic heterocycles. The van der Waals surface area contributed by atoms with Crippen molar-refractivity contribution >= 4 is 44.9 Å². The number of esters is 2. The Balaban J connectivity index is 2.36. The van der Waals surface area contributed by atoms with Crippen molar-refractivity contribution in [1.29, 1.82) is 0 Å². The molecule has 1 aromatic carbocycles. The molecule has 1 heterocycles. The van der Waals surface area contributed by atoms with Crippen LogP contribution in [0.2, 0.25) is 0 Å². The molecule has 0 aliphatic rings. The van der Waals surface area contributed by atoms with Crippen LogP contribution in [0.3, 0.4) is 0 Å². The zero-order chi connectivity index (χ0) is 21.4. The minimum absolute atomic E-state index is 0.00242. The molecule has 0 atom stereocenters. The molecule has 8 nitrogen and oxygen atoms in total. The molecule has 0 unspecified atom stereocenters. The smallest absolute Gasteiger partial charge is 0.468 e. The topological polar surface area (TPSA) is 104 Å². The summed E-state index contributed by atoms with van der Waals surface area (Å²) in [6.07, 6.45) is 4.07. The Kier molecular flexibility index (Phi) is 7.83. The van der Waals surface area contributed by atoms with Gasteiger partial charge in [-0.05, 0) is 30.2 Å². The van der Waals surface area contributed by atoms with E-state index in [0.717, 1.165) is 20.9 Å². The predicted molar refractivity (Wildman–Crippen MR) is 108 cm³/mol. The number of aromatic amines is 1. The van der Waals surface area contributed by atoms with E-state index in [1.807, 2.05) is 18.2 Å². The van der Waals surface area contributed by atoms with E-state index in [1.165, 1.54) is 27.4 Å². The van der Waals surface area contributed by atoms with Crippen LogP contribution in [0.15, 0.2) is 41.0 Å². The van der Waals surface area contributed by atoms with Crippen LogP contribution in [-0.2, 0) is 35.0 Å². The monoisotopic (exact) mass is 467 g/mol. The number of benzene rings is 1. The number of fused-ring (bicyclic) bond motifs is 1. The fourth-order valence-corrected chi connectivity index (χ4v) is 3.37. The second-order valence-electron chi connectivity index (χ2n) is 6.19. The van der Waals surface area contributed by atoms with Crippen LogP contribution < -0.4 is 0 Å². The second-order valence-corrected chi connectivity index (χ2v) is 7.10. The number of methoxy groups -OCH3 is 3. The first-order valence-electron chi connectivity index (χ1n) is 8.66. The van der Waals surface area contributed by atoms with Gasteiger partial charge >= 0.3 is 18.1 Å². The van der Waals surface area contributed by atoms with Gasteiger partial charge in [0.2, 0.25) is 0 Å². The number of aromatic nitrogens is 1. The summed E-state index contributed by atoms with van der Waals surface area (Å²) in [4.78, 5) is 39.5. The summed E-state index contributed by atoms with van der Waals surface area (Å²) in [5.41, 5.74) is 0.0352. The maximum atomic E-state index is 12.7. The lowest BCUT2D eigenvalue weighted by molar-refractivity contribution is -0.168. The third-order valence-corrected chi connectivity index (χ3v) is 4.96. The molecule has 2 aromatic rings. The van der Waals surface area contributed by atoms with E-state index < -0.39 is 23.5 Å². The van der Waals surface area contributed by atoms with Crippen molar-refractivity contribution in [1.82, 2.24) is 4.98 Å². The minimum Gasteiger partial charge on any atom is -0.468 e. The second kappa shape index (κ2) is 10.1. The number of allylic oxidation sites excluding steroid dienone is 1. The molecule has 0 radical (unpaired) electrons. The molecule has 0 saturated carbocycles. The summed E-state index contributed by atoms with van der Waals surface area (Å²) >= 11 is 3.43. The maximum absolute atomic E-state index is 12.7. The van der Waals surface area contributed by atoms with Crippen LogP contribution in [0.4, 0.5) is 4.79 Å². The van der Waals surface area contributed by atoms with Crippen LogP contribution in [0, 0.1) is 5.41 Å². The Bertz CT molecular complexity index is 903. The van der Waals surface area contributed by atoms with Gasteiger partial charge in [-0.2, -0.15) is 0 Å².